The number of aromatic nitrogens is 2. The molecule has 1 saturated heterocycles. The maximum atomic E-state index is 6.01. The molecule has 0 saturated carbocycles. The molecule has 4 nitrogen and oxygen atoms in total. The quantitative estimate of drug-likeness (QED) is 0.748. The van der Waals surface area contributed by atoms with Gasteiger partial charge in [-0.05, 0) is 34.1 Å². The monoisotopic (exact) mass is 236 g/mol. The summed E-state index contributed by atoms with van der Waals surface area (Å²) in [6.45, 7) is 11.3. The minimum atomic E-state index is -0.311. The average Bonchev–Trinajstić information content (AvgIpc) is 2.71. The summed E-state index contributed by atoms with van der Waals surface area (Å²) in [5.41, 5.74) is 0.420. The van der Waals surface area contributed by atoms with Crippen molar-refractivity contribution in [2.45, 2.75) is 58.8 Å². The summed E-state index contributed by atoms with van der Waals surface area (Å²) >= 11 is 0. The Hall–Kier alpha value is -0.805. The smallest absolute Gasteiger partial charge is 0.398 e. The van der Waals surface area contributed by atoms with Crippen LogP contribution in [0.2, 0.25) is 0 Å². The van der Waals surface area contributed by atoms with Crippen LogP contribution in [0.5, 0.6) is 0 Å². The van der Waals surface area contributed by atoms with E-state index in [4.69, 9.17) is 9.31 Å². The molecule has 2 heterocycles. The number of rotatable bonds is 3. The molecule has 0 amide bonds. The Kier molecular flexibility index (Phi) is 3.08. The molecule has 5 heteroatoms. The van der Waals surface area contributed by atoms with Crippen molar-refractivity contribution in [1.29, 1.82) is 0 Å². The topological polar surface area (TPSA) is 36.3 Å². The summed E-state index contributed by atoms with van der Waals surface area (Å²) in [5.74, 6) is 0. The highest BCUT2D eigenvalue weighted by Gasteiger charge is 2.52. The molecule has 0 bridgehead atoms. The normalized spacial score (nSPS) is 22.1. The van der Waals surface area contributed by atoms with Gasteiger partial charge in [0.15, 0.2) is 0 Å². The first kappa shape index (κ1) is 12.6. The van der Waals surface area contributed by atoms with Crippen molar-refractivity contribution in [3.63, 3.8) is 0 Å². The van der Waals surface area contributed by atoms with Gasteiger partial charge >= 0.3 is 7.12 Å². The van der Waals surface area contributed by atoms with E-state index in [1.54, 1.807) is 0 Å². The van der Waals surface area contributed by atoms with E-state index in [-0.39, 0.29) is 18.3 Å². The molecule has 0 aliphatic carbocycles. The highest BCUT2D eigenvalue weighted by atomic mass is 16.7. The van der Waals surface area contributed by atoms with E-state index in [0.717, 1.165) is 18.6 Å². The van der Waals surface area contributed by atoms with Crippen LogP contribution in [0.25, 0.3) is 0 Å². The molecule has 0 aromatic carbocycles. The van der Waals surface area contributed by atoms with E-state index in [2.05, 4.69) is 44.2 Å². The highest BCUT2D eigenvalue weighted by Crippen LogP contribution is 2.36. The van der Waals surface area contributed by atoms with Crippen LogP contribution < -0.4 is 5.59 Å². The third-order valence-corrected chi connectivity index (χ3v) is 3.70. The minimum Gasteiger partial charge on any atom is -0.398 e. The third kappa shape index (κ3) is 2.14. The molecule has 0 N–H and O–H groups in total. The Morgan fingerprint density at radius 1 is 1.24 bits per heavy atom. The van der Waals surface area contributed by atoms with E-state index in [9.17, 15) is 0 Å². The van der Waals surface area contributed by atoms with Gasteiger partial charge in [-0.15, -0.1) is 0 Å². The minimum absolute atomic E-state index is 0.293. The molecule has 0 spiro atoms. The van der Waals surface area contributed by atoms with Gasteiger partial charge in [0, 0.05) is 12.7 Å². The predicted molar refractivity (Wildman–Crippen MR) is 68.2 cm³/mol. The fourth-order valence-corrected chi connectivity index (χ4v) is 1.92. The lowest BCUT2D eigenvalue weighted by molar-refractivity contribution is 0.00578. The predicted octanol–water partition coefficient (Wildman–Crippen LogP) is 1.59. The molecular formula is C12H21BN2O2. The van der Waals surface area contributed by atoms with Crippen molar-refractivity contribution in [1.82, 2.24) is 9.55 Å². The molecule has 17 heavy (non-hydrogen) atoms. The lowest BCUT2D eigenvalue weighted by atomic mass is 9.85. The fraction of sp³-hybridized carbons (Fsp3) is 0.750. The summed E-state index contributed by atoms with van der Waals surface area (Å²) in [7, 11) is -0.311. The molecule has 1 aromatic heterocycles. The lowest BCUT2D eigenvalue weighted by Gasteiger charge is -2.32. The Morgan fingerprint density at radius 3 is 2.35 bits per heavy atom. The molecule has 0 unspecified atom stereocenters. The van der Waals surface area contributed by atoms with Crippen LogP contribution in [0.3, 0.4) is 0 Å². The number of hydrogen-bond acceptors (Lipinski definition) is 3. The highest BCUT2D eigenvalue weighted by molar-refractivity contribution is 6.61. The molecule has 1 aromatic rings. The molecule has 94 valence electrons. The van der Waals surface area contributed by atoms with E-state index < -0.39 is 0 Å². The summed E-state index contributed by atoms with van der Waals surface area (Å²) in [6, 6.07) is 0. The first-order valence-corrected chi connectivity index (χ1v) is 6.23. The van der Waals surface area contributed by atoms with Crippen LogP contribution in [0.4, 0.5) is 0 Å². The molecule has 0 radical (unpaired) electrons. The average molecular weight is 236 g/mol. The second-order valence-corrected chi connectivity index (χ2v) is 5.60. The van der Waals surface area contributed by atoms with Crippen molar-refractivity contribution < 1.29 is 9.31 Å². The van der Waals surface area contributed by atoms with Crippen molar-refractivity contribution in [2.24, 2.45) is 0 Å². The van der Waals surface area contributed by atoms with E-state index in [1.165, 1.54) is 0 Å². The molecule has 1 fully saturated rings. The zero-order valence-electron chi connectivity index (χ0n) is 11.4. The van der Waals surface area contributed by atoms with Crippen LogP contribution in [-0.4, -0.2) is 27.9 Å². The molecular weight excluding hydrogens is 215 g/mol. The van der Waals surface area contributed by atoms with Gasteiger partial charge in [0.1, 0.15) is 0 Å². The Bertz CT molecular complexity index is 385. The van der Waals surface area contributed by atoms with Gasteiger partial charge in [0.25, 0.3) is 0 Å². The second kappa shape index (κ2) is 4.14. The van der Waals surface area contributed by atoms with Crippen molar-refractivity contribution >= 4 is 12.7 Å². The lowest BCUT2D eigenvalue weighted by Crippen LogP contribution is -2.41. The van der Waals surface area contributed by atoms with E-state index in [1.807, 2.05) is 12.5 Å². The molecule has 1 aliphatic rings. The SMILES string of the molecule is CCCn1cncc1B1OC(C)(C)C(C)(C)O1. The van der Waals surface area contributed by atoms with Crippen molar-refractivity contribution in [2.75, 3.05) is 0 Å². The largest absolute Gasteiger partial charge is 0.514 e. The molecule has 0 atom stereocenters. The number of imidazole rings is 1. The zero-order chi connectivity index (χ0) is 12.7. The summed E-state index contributed by atoms with van der Waals surface area (Å²) in [5, 5.41) is 0. The first-order chi connectivity index (χ1) is 7.87. The van der Waals surface area contributed by atoms with Crippen molar-refractivity contribution in [3.8, 4) is 0 Å². The maximum Gasteiger partial charge on any atom is 0.514 e. The summed E-state index contributed by atoms with van der Waals surface area (Å²) in [4.78, 5) is 4.18. The zero-order valence-corrected chi connectivity index (χ0v) is 11.4. The van der Waals surface area contributed by atoms with Gasteiger partial charge in [0.05, 0.1) is 23.1 Å². The maximum absolute atomic E-state index is 6.01. The fourth-order valence-electron chi connectivity index (χ4n) is 1.92. The summed E-state index contributed by atoms with van der Waals surface area (Å²) < 4.78 is 14.1. The Labute approximate surface area is 103 Å². The number of nitrogens with zero attached hydrogens (tertiary/aromatic N) is 2. The number of aryl methyl sites for hydroxylation is 1. The first-order valence-electron chi connectivity index (χ1n) is 6.23. The van der Waals surface area contributed by atoms with Crippen LogP contribution in [0, 0.1) is 0 Å². The Balaban J connectivity index is 2.23. The third-order valence-electron chi connectivity index (χ3n) is 3.70. The van der Waals surface area contributed by atoms with Gasteiger partial charge in [-0.1, -0.05) is 6.92 Å². The molecule has 1 aliphatic heterocycles. The van der Waals surface area contributed by atoms with Gasteiger partial charge in [-0.2, -0.15) is 0 Å². The van der Waals surface area contributed by atoms with Crippen LogP contribution in [-0.2, 0) is 15.9 Å². The molecule has 2 rings (SSSR count). The van der Waals surface area contributed by atoms with Gasteiger partial charge in [-0.25, -0.2) is 4.98 Å². The summed E-state index contributed by atoms with van der Waals surface area (Å²) in [6.07, 6.45) is 4.74. The standard InChI is InChI=1S/C12H21BN2O2/c1-6-7-15-9-14-8-10(15)13-16-11(2,3)12(4,5)17-13/h8-9H,6-7H2,1-5H3. The van der Waals surface area contributed by atoms with Crippen LogP contribution in [0.1, 0.15) is 41.0 Å². The second-order valence-electron chi connectivity index (χ2n) is 5.60. The van der Waals surface area contributed by atoms with Crippen LogP contribution >= 0.6 is 0 Å². The van der Waals surface area contributed by atoms with Crippen molar-refractivity contribution in [3.05, 3.63) is 12.5 Å². The van der Waals surface area contributed by atoms with E-state index in [0.29, 0.717) is 0 Å². The Morgan fingerprint density at radius 2 is 1.82 bits per heavy atom. The van der Waals surface area contributed by atoms with Gasteiger partial charge in [0.2, 0.25) is 0 Å². The van der Waals surface area contributed by atoms with Gasteiger partial charge in [-0.3, -0.25) is 0 Å². The van der Waals surface area contributed by atoms with Gasteiger partial charge < -0.3 is 13.9 Å². The number of hydrogen-bond donors (Lipinski definition) is 0. The van der Waals surface area contributed by atoms with E-state index >= 15 is 0 Å². The van der Waals surface area contributed by atoms with Crippen LogP contribution in [0.15, 0.2) is 12.5 Å².